The van der Waals surface area contributed by atoms with Crippen LogP contribution >= 0.6 is 11.6 Å². The number of rotatable bonds is 5. The zero-order valence-corrected chi connectivity index (χ0v) is 18.8. The van der Waals surface area contributed by atoms with E-state index in [4.69, 9.17) is 11.6 Å². The lowest BCUT2D eigenvalue weighted by atomic mass is 9.94. The number of H-pyrrole nitrogens is 1. The minimum absolute atomic E-state index is 0.144. The number of para-hydroxylation sites is 1. The van der Waals surface area contributed by atoms with Gasteiger partial charge in [-0.25, -0.2) is 0 Å². The Morgan fingerprint density at radius 1 is 1.00 bits per heavy atom. The van der Waals surface area contributed by atoms with Crippen molar-refractivity contribution >= 4 is 45.3 Å². The largest absolute Gasteiger partial charge is 0.350 e. The smallest absolute Gasteiger partial charge is 0.259 e. The second-order valence-electron chi connectivity index (χ2n) is 8.07. The van der Waals surface area contributed by atoms with E-state index in [0.717, 1.165) is 27.4 Å². The Morgan fingerprint density at radius 2 is 1.76 bits per heavy atom. The summed E-state index contributed by atoms with van der Waals surface area (Å²) in [5.41, 5.74) is 4.09. The lowest BCUT2D eigenvalue weighted by molar-refractivity contribution is 0.104. The van der Waals surface area contributed by atoms with Gasteiger partial charge in [-0.05, 0) is 54.0 Å². The van der Waals surface area contributed by atoms with E-state index in [2.05, 4.69) is 4.98 Å². The summed E-state index contributed by atoms with van der Waals surface area (Å²) >= 11 is 6.27. The second kappa shape index (κ2) is 8.57. The van der Waals surface area contributed by atoms with Crippen molar-refractivity contribution in [2.75, 3.05) is 0 Å². The van der Waals surface area contributed by atoms with Crippen LogP contribution in [0.3, 0.4) is 0 Å². The third kappa shape index (κ3) is 4.01. The van der Waals surface area contributed by atoms with Crippen molar-refractivity contribution < 1.29 is 4.79 Å². The minimum atomic E-state index is -0.400. The number of pyridine rings is 1. The highest BCUT2D eigenvalue weighted by atomic mass is 35.5. The Kier molecular flexibility index (Phi) is 5.45. The fourth-order valence-electron chi connectivity index (χ4n) is 4.33. The Bertz CT molecular complexity index is 1590. The van der Waals surface area contributed by atoms with Crippen LogP contribution in [0, 0.1) is 0 Å². The SMILES string of the molecule is Cn1cc(/C=C/C(=O)c2c(Cc3ccccc3)c3cc(Cl)ccc3[nH]c2=O)c2ccccc21. The van der Waals surface area contributed by atoms with Crippen molar-refractivity contribution in [1.82, 2.24) is 9.55 Å². The number of allylic oxidation sites excluding steroid dienone is 1. The third-order valence-electron chi connectivity index (χ3n) is 5.90. The summed E-state index contributed by atoms with van der Waals surface area (Å²) in [6, 6.07) is 23.1. The Balaban J connectivity index is 1.64. The average molecular weight is 453 g/mol. The maximum atomic E-state index is 13.4. The molecule has 0 aliphatic heterocycles. The molecule has 5 rings (SSSR count). The van der Waals surface area contributed by atoms with E-state index in [-0.39, 0.29) is 11.3 Å². The molecule has 0 amide bonds. The Labute approximate surface area is 195 Å². The molecule has 2 aromatic heterocycles. The van der Waals surface area contributed by atoms with E-state index >= 15 is 0 Å². The van der Waals surface area contributed by atoms with Crippen molar-refractivity contribution in [3.8, 4) is 0 Å². The van der Waals surface area contributed by atoms with E-state index in [1.54, 1.807) is 24.3 Å². The highest BCUT2D eigenvalue weighted by molar-refractivity contribution is 6.31. The summed E-state index contributed by atoms with van der Waals surface area (Å²) in [4.78, 5) is 29.3. The highest BCUT2D eigenvalue weighted by Gasteiger charge is 2.18. The van der Waals surface area contributed by atoms with Crippen LogP contribution in [0.15, 0.2) is 89.9 Å². The Hall–Kier alpha value is -3.89. The number of ketones is 1. The molecule has 0 bridgehead atoms. The van der Waals surface area contributed by atoms with Crippen LogP contribution in [0.1, 0.15) is 27.0 Å². The fraction of sp³-hybridized carbons (Fsp3) is 0.0714. The Morgan fingerprint density at radius 3 is 2.58 bits per heavy atom. The zero-order valence-electron chi connectivity index (χ0n) is 18.0. The molecule has 0 spiro atoms. The number of carbonyl (C=O) groups is 1. The van der Waals surface area contributed by atoms with Crippen LogP contribution in [-0.4, -0.2) is 15.3 Å². The van der Waals surface area contributed by atoms with E-state index in [1.165, 1.54) is 6.08 Å². The van der Waals surface area contributed by atoms with Gasteiger partial charge in [0.25, 0.3) is 5.56 Å². The lowest BCUT2D eigenvalue weighted by Gasteiger charge is -2.11. The number of halogens is 1. The van der Waals surface area contributed by atoms with Gasteiger partial charge in [0.1, 0.15) is 0 Å². The molecule has 5 aromatic rings. The van der Waals surface area contributed by atoms with E-state index < -0.39 is 5.56 Å². The van der Waals surface area contributed by atoms with Crippen molar-refractivity contribution in [3.63, 3.8) is 0 Å². The van der Waals surface area contributed by atoms with Crippen molar-refractivity contribution in [3.05, 3.63) is 123 Å². The molecule has 5 heteroatoms. The number of nitrogens with one attached hydrogen (secondary N) is 1. The van der Waals surface area contributed by atoms with Gasteiger partial charge in [-0.15, -0.1) is 0 Å². The summed E-state index contributed by atoms with van der Waals surface area (Å²) < 4.78 is 2.02. The number of aromatic nitrogens is 2. The number of carbonyl (C=O) groups excluding carboxylic acids is 1. The monoisotopic (exact) mass is 452 g/mol. The van der Waals surface area contributed by atoms with Crippen LogP contribution < -0.4 is 5.56 Å². The number of benzene rings is 3. The van der Waals surface area contributed by atoms with Crippen molar-refractivity contribution in [2.45, 2.75) is 6.42 Å². The molecule has 0 fully saturated rings. The van der Waals surface area contributed by atoms with Crippen LogP contribution in [0.5, 0.6) is 0 Å². The van der Waals surface area contributed by atoms with Gasteiger partial charge in [-0.1, -0.05) is 60.1 Å². The quantitative estimate of drug-likeness (QED) is 0.256. The van der Waals surface area contributed by atoms with Crippen LogP contribution in [-0.2, 0) is 13.5 Å². The van der Waals surface area contributed by atoms with Gasteiger partial charge in [0.05, 0.1) is 5.56 Å². The maximum absolute atomic E-state index is 13.4. The standard InChI is InChI=1S/C28H21ClN2O2/c1-31-17-19(21-9-5-6-10-25(21)31)11-14-26(32)27-23(15-18-7-3-2-4-8-18)22-16-20(29)12-13-24(22)30-28(27)33/h2-14,16-17H,15H2,1H3,(H,30,33)/b14-11+. The summed E-state index contributed by atoms with van der Waals surface area (Å²) in [6.07, 6.45) is 5.68. The van der Waals surface area contributed by atoms with Gasteiger partial charge in [-0.2, -0.15) is 0 Å². The molecule has 0 saturated heterocycles. The molecule has 33 heavy (non-hydrogen) atoms. The van der Waals surface area contributed by atoms with Crippen molar-refractivity contribution in [2.24, 2.45) is 7.05 Å². The molecular formula is C28H21ClN2O2. The number of aryl methyl sites for hydroxylation is 1. The summed E-state index contributed by atoms with van der Waals surface area (Å²) in [5.74, 6) is -0.336. The van der Waals surface area contributed by atoms with Gasteiger partial charge in [-0.3, -0.25) is 9.59 Å². The highest BCUT2D eigenvalue weighted by Crippen LogP contribution is 2.26. The topological polar surface area (TPSA) is 54.9 Å². The van der Waals surface area contributed by atoms with Gasteiger partial charge in [0, 0.05) is 45.6 Å². The average Bonchev–Trinajstić information content (AvgIpc) is 3.14. The minimum Gasteiger partial charge on any atom is -0.350 e. The van der Waals surface area contributed by atoms with Gasteiger partial charge in [0.2, 0.25) is 0 Å². The number of hydrogen-bond acceptors (Lipinski definition) is 2. The molecule has 0 saturated carbocycles. The van der Waals surface area contributed by atoms with Gasteiger partial charge < -0.3 is 9.55 Å². The molecule has 0 radical (unpaired) electrons. The fourth-order valence-corrected chi connectivity index (χ4v) is 4.50. The molecule has 0 aliphatic carbocycles. The number of fused-ring (bicyclic) bond motifs is 2. The molecule has 1 N–H and O–H groups in total. The van der Waals surface area contributed by atoms with Crippen LogP contribution in [0.4, 0.5) is 0 Å². The summed E-state index contributed by atoms with van der Waals surface area (Å²) in [6.45, 7) is 0. The molecule has 2 heterocycles. The second-order valence-corrected chi connectivity index (χ2v) is 8.51. The lowest BCUT2D eigenvalue weighted by Crippen LogP contribution is -2.20. The predicted octanol–water partition coefficient (Wildman–Crippen LogP) is 6.16. The summed E-state index contributed by atoms with van der Waals surface area (Å²) in [5, 5.41) is 2.37. The van der Waals surface area contributed by atoms with E-state index in [0.29, 0.717) is 22.5 Å². The van der Waals surface area contributed by atoms with E-state index in [1.807, 2.05) is 72.4 Å². The predicted molar refractivity (Wildman–Crippen MR) is 135 cm³/mol. The first-order valence-electron chi connectivity index (χ1n) is 10.7. The number of aromatic amines is 1. The first kappa shape index (κ1) is 21.0. The first-order valence-corrected chi connectivity index (χ1v) is 11.0. The maximum Gasteiger partial charge on any atom is 0.259 e. The number of hydrogen-bond donors (Lipinski definition) is 1. The van der Waals surface area contributed by atoms with Gasteiger partial charge in [0.15, 0.2) is 5.78 Å². The zero-order chi connectivity index (χ0) is 22.9. The molecule has 0 aliphatic rings. The van der Waals surface area contributed by atoms with Gasteiger partial charge >= 0.3 is 0 Å². The van der Waals surface area contributed by atoms with E-state index in [9.17, 15) is 9.59 Å². The first-order chi connectivity index (χ1) is 16.0. The van der Waals surface area contributed by atoms with Crippen LogP contribution in [0.25, 0.3) is 27.9 Å². The van der Waals surface area contributed by atoms with Crippen molar-refractivity contribution in [1.29, 1.82) is 0 Å². The normalized spacial score (nSPS) is 11.6. The third-order valence-corrected chi connectivity index (χ3v) is 6.13. The van der Waals surface area contributed by atoms with Crippen LogP contribution in [0.2, 0.25) is 5.02 Å². The number of nitrogens with zero attached hydrogens (tertiary/aromatic N) is 1. The molecule has 162 valence electrons. The molecule has 3 aromatic carbocycles. The molecule has 0 unspecified atom stereocenters. The molecule has 4 nitrogen and oxygen atoms in total. The summed E-state index contributed by atoms with van der Waals surface area (Å²) in [7, 11) is 1.97. The molecule has 0 atom stereocenters. The molecular weight excluding hydrogens is 432 g/mol.